The molecule has 0 amide bonds. The summed E-state index contributed by atoms with van der Waals surface area (Å²) in [5, 5.41) is 3.69. The van der Waals surface area contributed by atoms with Crippen molar-refractivity contribution in [3.8, 4) is 0 Å². The molecule has 0 saturated heterocycles. The van der Waals surface area contributed by atoms with E-state index in [0.29, 0.717) is 18.6 Å². The topological polar surface area (TPSA) is 30.5 Å². The zero-order valence-electron chi connectivity index (χ0n) is 9.51. The molecule has 1 aliphatic rings. The van der Waals surface area contributed by atoms with Gasteiger partial charge in [-0.1, -0.05) is 0 Å². The highest BCUT2D eigenvalue weighted by atomic mass is 35.5. The van der Waals surface area contributed by atoms with E-state index in [0.717, 1.165) is 32.0 Å². The molecule has 4 heteroatoms. The minimum Gasteiger partial charge on any atom is -0.382 e. The highest BCUT2D eigenvalue weighted by molar-refractivity contribution is 6.21. The van der Waals surface area contributed by atoms with Crippen LogP contribution in [0.25, 0.3) is 0 Å². The second-order valence-electron chi connectivity index (χ2n) is 4.02. The third-order valence-electron chi connectivity index (χ3n) is 2.55. The van der Waals surface area contributed by atoms with Gasteiger partial charge < -0.3 is 14.8 Å². The largest absolute Gasteiger partial charge is 0.382 e. The average molecular weight is 236 g/mol. The van der Waals surface area contributed by atoms with Crippen molar-refractivity contribution in [1.29, 1.82) is 0 Å². The normalized spacial score (nSPS) is 18.0. The van der Waals surface area contributed by atoms with E-state index in [-0.39, 0.29) is 0 Å². The Balaban J connectivity index is 1.72. The van der Waals surface area contributed by atoms with E-state index >= 15 is 0 Å². The van der Waals surface area contributed by atoms with Crippen LogP contribution in [0.5, 0.6) is 0 Å². The predicted molar refractivity (Wildman–Crippen MR) is 62.5 cm³/mol. The highest BCUT2D eigenvalue weighted by Crippen LogP contribution is 2.35. The molecule has 1 unspecified atom stereocenters. The van der Waals surface area contributed by atoms with E-state index in [2.05, 4.69) is 5.32 Å². The van der Waals surface area contributed by atoms with Crippen LogP contribution in [-0.2, 0) is 9.47 Å². The van der Waals surface area contributed by atoms with Crippen LogP contribution in [0.3, 0.4) is 0 Å². The van der Waals surface area contributed by atoms with E-state index in [1.807, 2.05) is 0 Å². The summed E-state index contributed by atoms with van der Waals surface area (Å²) in [5.74, 6) is 0.775. The third kappa shape index (κ3) is 7.12. The number of hydrogen-bond donors (Lipinski definition) is 1. The van der Waals surface area contributed by atoms with Crippen LogP contribution in [0.2, 0.25) is 0 Å². The Morgan fingerprint density at radius 1 is 1.33 bits per heavy atom. The van der Waals surface area contributed by atoms with Gasteiger partial charge in [0.1, 0.15) is 0 Å². The molecular weight excluding hydrogens is 214 g/mol. The van der Waals surface area contributed by atoms with E-state index < -0.39 is 0 Å². The number of rotatable bonds is 10. The second-order valence-corrected chi connectivity index (χ2v) is 4.58. The molecule has 1 aliphatic carbocycles. The maximum absolute atomic E-state index is 6.15. The van der Waals surface area contributed by atoms with Crippen molar-refractivity contribution in [2.45, 2.75) is 24.6 Å². The molecule has 0 aromatic heterocycles. The maximum atomic E-state index is 6.15. The van der Waals surface area contributed by atoms with E-state index in [1.54, 1.807) is 7.11 Å². The Morgan fingerprint density at radius 2 is 2.13 bits per heavy atom. The van der Waals surface area contributed by atoms with Gasteiger partial charge in [0.25, 0.3) is 0 Å². The fourth-order valence-electron chi connectivity index (χ4n) is 1.41. The Bertz CT molecular complexity index is 154. The van der Waals surface area contributed by atoms with E-state index in [9.17, 15) is 0 Å². The quantitative estimate of drug-likeness (QED) is 0.461. The summed E-state index contributed by atoms with van der Waals surface area (Å²) in [6.07, 6.45) is 3.67. The molecule has 1 fully saturated rings. The minimum absolute atomic E-state index is 0.333. The number of halogens is 1. The van der Waals surface area contributed by atoms with Crippen LogP contribution >= 0.6 is 11.6 Å². The van der Waals surface area contributed by atoms with Gasteiger partial charge in [-0.15, -0.1) is 11.6 Å². The van der Waals surface area contributed by atoms with Gasteiger partial charge in [0, 0.05) is 25.6 Å². The molecule has 0 aliphatic heterocycles. The molecule has 1 atom stereocenters. The lowest BCUT2D eigenvalue weighted by Crippen LogP contribution is -2.26. The third-order valence-corrected chi connectivity index (χ3v) is 3.06. The Labute approximate surface area is 97.5 Å². The zero-order valence-corrected chi connectivity index (χ0v) is 10.3. The standard InChI is InChI=1S/C11H22ClNO2/c1-14-7-8-15-6-2-5-13-9-11(12)10-3-4-10/h10-11,13H,2-9H2,1H3. The molecule has 0 bridgehead atoms. The SMILES string of the molecule is COCCOCCCNCC(Cl)C1CC1. The minimum atomic E-state index is 0.333. The van der Waals surface area contributed by atoms with Crippen LogP contribution in [0.1, 0.15) is 19.3 Å². The molecule has 15 heavy (non-hydrogen) atoms. The average Bonchev–Trinajstić information content (AvgIpc) is 3.05. The summed E-state index contributed by atoms with van der Waals surface area (Å²) in [6.45, 7) is 4.09. The predicted octanol–water partition coefficient (Wildman–Crippen LogP) is 1.65. The van der Waals surface area contributed by atoms with Gasteiger partial charge >= 0.3 is 0 Å². The molecule has 90 valence electrons. The van der Waals surface area contributed by atoms with Gasteiger partial charge in [0.15, 0.2) is 0 Å². The molecule has 3 nitrogen and oxygen atoms in total. The molecule has 1 saturated carbocycles. The molecule has 0 heterocycles. The summed E-state index contributed by atoms with van der Waals surface area (Å²) in [6, 6.07) is 0. The van der Waals surface area contributed by atoms with Gasteiger partial charge in [-0.2, -0.15) is 0 Å². The van der Waals surface area contributed by atoms with Crippen LogP contribution in [0, 0.1) is 5.92 Å². The van der Waals surface area contributed by atoms with Gasteiger partial charge in [-0.3, -0.25) is 0 Å². The fraction of sp³-hybridized carbons (Fsp3) is 1.00. The lowest BCUT2D eigenvalue weighted by Gasteiger charge is -2.09. The summed E-state index contributed by atoms with van der Waals surface area (Å²) in [4.78, 5) is 0. The maximum Gasteiger partial charge on any atom is 0.0700 e. The summed E-state index contributed by atoms with van der Waals surface area (Å²) >= 11 is 6.15. The number of hydrogen-bond acceptors (Lipinski definition) is 3. The monoisotopic (exact) mass is 235 g/mol. The molecule has 1 rings (SSSR count). The number of alkyl halides is 1. The molecule has 0 spiro atoms. The first-order chi connectivity index (χ1) is 7.34. The van der Waals surface area contributed by atoms with Crippen molar-refractivity contribution >= 4 is 11.6 Å². The molecule has 0 aromatic carbocycles. The van der Waals surface area contributed by atoms with Crippen LogP contribution in [0.15, 0.2) is 0 Å². The summed E-state index contributed by atoms with van der Waals surface area (Å²) in [5.41, 5.74) is 0. The lowest BCUT2D eigenvalue weighted by molar-refractivity contribution is 0.0695. The van der Waals surface area contributed by atoms with Crippen molar-refractivity contribution in [3.63, 3.8) is 0 Å². The zero-order chi connectivity index (χ0) is 10.9. The summed E-state index contributed by atoms with van der Waals surface area (Å²) in [7, 11) is 1.68. The van der Waals surface area contributed by atoms with Gasteiger partial charge in [-0.25, -0.2) is 0 Å². The molecule has 0 aromatic rings. The fourth-order valence-corrected chi connectivity index (χ4v) is 1.77. The van der Waals surface area contributed by atoms with Crippen molar-refractivity contribution in [3.05, 3.63) is 0 Å². The summed E-state index contributed by atoms with van der Waals surface area (Å²) < 4.78 is 10.2. The van der Waals surface area contributed by atoms with Crippen LogP contribution in [-0.4, -0.2) is 45.4 Å². The molecule has 1 N–H and O–H groups in total. The van der Waals surface area contributed by atoms with Crippen molar-refractivity contribution in [2.24, 2.45) is 5.92 Å². The number of ether oxygens (including phenoxy) is 2. The van der Waals surface area contributed by atoms with Crippen LogP contribution in [0.4, 0.5) is 0 Å². The Morgan fingerprint density at radius 3 is 2.80 bits per heavy atom. The van der Waals surface area contributed by atoms with E-state index in [1.165, 1.54) is 12.8 Å². The van der Waals surface area contributed by atoms with Crippen molar-refractivity contribution in [1.82, 2.24) is 5.32 Å². The smallest absolute Gasteiger partial charge is 0.0700 e. The molecular formula is C11H22ClNO2. The van der Waals surface area contributed by atoms with Crippen molar-refractivity contribution in [2.75, 3.05) is 40.0 Å². The Hall–Kier alpha value is 0.170. The van der Waals surface area contributed by atoms with Gasteiger partial charge in [0.2, 0.25) is 0 Å². The Kier molecular flexibility index (Phi) is 7.36. The van der Waals surface area contributed by atoms with Crippen molar-refractivity contribution < 1.29 is 9.47 Å². The first-order valence-corrected chi connectivity index (χ1v) is 6.19. The van der Waals surface area contributed by atoms with Crippen LogP contribution < -0.4 is 5.32 Å². The van der Waals surface area contributed by atoms with Gasteiger partial charge in [-0.05, 0) is 31.7 Å². The second kappa shape index (κ2) is 8.34. The highest BCUT2D eigenvalue weighted by Gasteiger charge is 2.28. The number of methoxy groups -OCH3 is 1. The first-order valence-electron chi connectivity index (χ1n) is 5.76. The van der Waals surface area contributed by atoms with E-state index in [4.69, 9.17) is 21.1 Å². The number of nitrogens with one attached hydrogen (secondary N) is 1. The molecule has 0 radical (unpaired) electrons. The lowest BCUT2D eigenvalue weighted by atomic mass is 10.3. The first kappa shape index (κ1) is 13.2. The van der Waals surface area contributed by atoms with Gasteiger partial charge in [0.05, 0.1) is 13.2 Å².